The Kier molecular flexibility index (Phi) is 5.74. The highest BCUT2D eigenvalue weighted by molar-refractivity contribution is 5.66. The molecule has 0 bridgehead atoms. The summed E-state index contributed by atoms with van der Waals surface area (Å²) in [5.41, 5.74) is 2.89. The summed E-state index contributed by atoms with van der Waals surface area (Å²) in [4.78, 5) is 2.15. The number of nitriles is 2. The van der Waals surface area contributed by atoms with Gasteiger partial charge in [0.2, 0.25) is 0 Å². The number of para-hydroxylation sites is 1. The molecular weight excluding hydrogens is 284 g/mol. The van der Waals surface area contributed by atoms with Crippen LogP contribution in [0.1, 0.15) is 16.7 Å². The fourth-order valence-corrected chi connectivity index (χ4v) is 2.47. The van der Waals surface area contributed by atoms with Crippen LogP contribution in [-0.2, 0) is 6.42 Å². The summed E-state index contributed by atoms with van der Waals surface area (Å²) in [7, 11) is 4.08. The van der Waals surface area contributed by atoms with Crippen molar-refractivity contribution in [3.63, 3.8) is 0 Å². The SMILES string of the molecule is CN(C)C(CNc1c(C#N)cccc1C#N)Cc1ccccc1. The zero-order chi connectivity index (χ0) is 16.7. The average Bonchev–Trinajstić information content (AvgIpc) is 2.58. The van der Waals surface area contributed by atoms with Crippen LogP contribution >= 0.6 is 0 Å². The lowest BCUT2D eigenvalue weighted by atomic mass is 10.0. The van der Waals surface area contributed by atoms with Crippen molar-refractivity contribution >= 4 is 5.69 Å². The molecule has 0 fully saturated rings. The second kappa shape index (κ2) is 7.98. The Balaban J connectivity index is 2.14. The predicted molar refractivity (Wildman–Crippen MR) is 92.0 cm³/mol. The van der Waals surface area contributed by atoms with Gasteiger partial charge in [-0.05, 0) is 38.2 Å². The number of nitrogens with one attached hydrogen (secondary N) is 1. The van der Waals surface area contributed by atoms with Gasteiger partial charge in [-0.25, -0.2) is 0 Å². The molecule has 1 unspecified atom stereocenters. The van der Waals surface area contributed by atoms with E-state index in [0.29, 0.717) is 23.4 Å². The molecule has 0 aliphatic rings. The van der Waals surface area contributed by atoms with Crippen LogP contribution in [0.15, 0.2) is 48.5 Å². The van der Waals surface area contributed by atoms with Crippen LogP contribution in [0.3, 0.4) is 0 Å². The van der Waals surface area contributed by atoms with Crippen molar-refractivity contribution < 1.29 is 0 Å². The summed E-state index contributed by atoms with van der Waals surface area (Å²) in [6.45, 7) is 0.662. The molecule has 4 nitrogen and oxygen atoms in total. The first-order chi connectivity index (χ1) is 11.2. The van der Waals surface area contributed by atoms with Crippen molar-refractivity contribution in [3.8, 4) is 12.1 Å². The van der Waals surface area contributed by atoms with Crippen molar-refractivity contribution in [2.75, 3.05) is 26.0 Å². The van der Waals surface area contributed by atoms with Crippen LogP contribution in [0.4, 0.5) is 5.69 Å². The third-order valence-corrected chi connectivity index (χ3v) is 3.86. The minimum Gasteiger partial charge on any atom is -0.381 e. The van der Waals surface area contributed by atoms with Gasteiger partial charge in [-0.2, -0.15) is 10.5 Å². The summed E-state index contributed by atoms with van der Waals surface area (Å²) in [6, 6.07) is 20.0. The van der Waals surface area contributed by atoms with Gasteiger partial charge in [-0.15, -0.1) is 0 Å². The minimum atomic E-state index is 0.260. The Morgan fingerprint density at radius 3 is 2.09 bits per heavy atom. The van der Waals surface area contributed by atoms with Crippen molar-refractivity contribution in [1.82, 2.24) is 4.90 Å². The van der Waals surface area contributed by atoms with E-state index in [0.717, 1.165) is 6.42 Å². The average molecular weight is 304 g/mol. The van der Waals surface area contributed by atoms with E-state index in [1.807, 2.05) is 32.3 Å². The summed E-state index contributed by atoms with van der Waals surface area (Å²) in [5.74, 6) is 0. The first-order valence-corrected chi connectivity index (χ1v) is 7.53. The van der Waals surface area contributed by atoms with Crippen LogP contribution in [0, 0.1) is 22.7 Å². The molecule has 4 heteroatoms. The summed E-state index contributed by atoms with van der Waals surface area (Å²) < 4.78 is 0. The number of hydrogen-bond donors (Lipinski definition) is 1. The van der Waals surface area contributed by atoms with Crippen molar-refractivity contribution in [2.45, 2.75) is 12.5 Å². The summed E-state index contributed by atoms with van der Waals surface area (Å²) in [5, 5.41) is 21.8. The molecule has 0 amide bonds. The molecule has 2 rings (SSSR count). The zero-order valence-electron chi connectivity index (χ0n) is 13.5. The molecule has 0 heterocycles. The lowest BCUT2D eigenvalue weighted by molar-refractivity contribution is 0.303. The van der Waals surface area contributed by atoms with E-state index in [9.17, 15) is 10.5 Å². The Morgan fingerprint density at radius 1 is 0.957 bits per heavy atom. The van der Waals surface area contributed by atoms with Gasteiger partial charge in [0.15, 0.2) is 0 Å². The molecule has 0 saturated heterocycles. The van der Waals surface area contributed by atoms with Crippen molar-refractivity contribution in [1.29, 1.82) is 10.5 Å². The van der Waals surface area contributed by atoms with Crippen LogP contribution in [-0.4, -0.2) is 31.6 Å². The Hall–Kier alpha value is -2.82. The maximum Gasteiger partial charge on any atom is 0.101 e. The molecule has 1 atom stereocenters. The zero-order valence-corrected chi connectivity index (χ0v) is 13.5. The van der Waals surface area contributed by atoms with Gasteiger partial charge < -0.3 is 10.2 Å². The standard InChI is InChI=1S/C19H20N4/c1-23(2)18(11-15-7-4-3-5-8-15)14-22-19-16(12-20)9-6-10-17(19)13-21/h3-10,18,22H,11,14H2,1-2H3. The highest BCUT2D eigenvalue weighted by Crippen LogP contribution is 2.20. The van der Waals surface area contributed by atoms with E-state index < -0.39 is 0 Å². The van der Waals surface area contributed by atoms with E-state index in [-0.39, 0.29) is 6.04 Å². The number of benzene rings is 2. The topological polar surface area (TPSA) is 62.9 Å². The molecule has 1 N–H and O–H groups in total. The van der Waals surface area contributed by atoms with Crippen LogP contribution < -0.4 is 5.32 Å². The van der Waals surface area contributed by atoms with Gasteiger partial charge in [0.1, 0.15) is 12.1 Å². The Labute approximate surface area is 137 Å². The van der Waals surface area contributed by atoms with Crippen LogP contribution in [0.25, 0.3) is 0 Å². The van der Waals surface area contributed by atoms with Crippen LogP contribution in [0.2, 0.25) is 0 Å². The molecule has 0 aromatic heterocycles. The highest BCUT2D eigenvalue weighted by atomic mass is 15.1. The van der Waals surface area contributed by atoms with Gasteiger partial charge in [-0.3, -0.25) is 0 Å². The van der Waals surface area contributed by atoms with Gasteiger partial charge >= 0.3 is 0 Å². The van der Waals surface area contributed by atoms with E-state index in [1.54, 1.807) is 18.2 Å². The third-order valence-electron chi connectivity index (χ3n) is 3.86. The molecule has 2 aromatic rings. The lowest BCUT2D eigenvalue weighted by Gasteiger charge is -2.25. The quantitative estimate of drug-likeness (QED) is 0.891. The van der Waals surface area contributed by atoms with E-state index in [4.69, 9.17) is 0 Å². The molecule has 0 spiro atoms. The number of rotatable bonds is 6. The first-order valence-electron chi connectivity index (χ1n) is 7.53. The number of likely N-dealkylation sites (N-methyl/N-ethyl adjacent to an activating group) is 1. The largest absolute Gasteiger partial charge is 0.381 e. The predicted octanol–water partition coefficient (Wildman–Crippen LogP) is 3.01. The van der Waals surface area contributed by atoms with E-state index >= 15 is 0 Å². The minimum absolute atomic E-state index is 0.260. The van der Waals surface area contributed by atoms with Gasteiger partial charge in [-0.1, -0.05) is 36.4 Å². The van der Waals surface area contributed by atoms with Crippen LogP contribution in [0.5, 0.6) is 0 Å². The number of hydrogen-bond acceptors (Lipinski definition) is 4. The Morgan fingerprint density at radius 2 is 1.57 bits per heavy atom. The van der Waals surface area contributed by atoms with Crippen molar-refractivity contribution in [3.05, 3.63) is 65.2 Å². The molecule has 0 aliphatic carbocycles. The van der Waals surface area contributed by atoms with Gasteiger partial charge in [0.05, 0.1) is 16.8 Å². The van der Waals surface area contributed by atoms with Crippen molar-refractivity contribution in [2.24, 2.45) is 0 Å². The van der Waals surface area contributed by atoms with Gasteiger partial charge in [0, 0.05) is 12.6 Å². The lowest BCUT2D eigenvalue weighted by Crippen LogP contribution is -2.36. The molecule has 2 aromatic carbocycles. The third kappa shape index (κ3) is 4.32. The maximum absolute atomic E-state index is 9.24. The van der Waals surface area contributed by atoms with E-state index in [2.05, 4.69) is 34.5 Å². The van der Waals surface area contributed by atoms with Gasteiger partial charge in [0.25, 0.3) is 0 Å². The molecule has 0 saturated carbocycles. The second-order valence-corrected chi connectivity index (χ2v) is 5.64. The van der Waals surface area contributed by atoms with E-state index in [1.165, 1.54) is 5.56 Å². The number of nitrogens with zero attached hydrogens (tertiary/aromatic N) is 3. The second-order valence-electron chi connectivity index (χ2n) is 5.64. The molecule has 116 valence electrons. The molecule has 0 radical (unpaired) electrons. The maximum atomic E-state index is 9.24. The normalized spacial score (nSPS) is 11.5. The first kappa shape index (κ1) is 16.5. The summed E-state index contributed by atoms with van der Waals surface area (Å²) >= 11 is 0. The monoisotopic (exact) mass is 304 g/mol. The fraction of sp³-hybridized carbons (Fsp3) is 0.263. The molecular formula is C19H20N4. The fourth-order valence-electron chi connectivity index (χ4n) is 2.47. The smallest absolute Gasteiger partial charge is 0.101 e. The summed E-state index contributed by atoms with van der Waals surface area (Å²) in [6.07, 6.45) is 0.900. The Bertz CT molecular complexity index is 691. The molecule has 23 heavy (non-hydrogen) atoms. The molecule has 0 aliphatic heterocycles. The number of anilines is 1. The highest BCUT2D eigenvalue weighted by Gasteiger charge is 2.14.